The van der Waals surface area contributed by atoms with Gasteiger partial charge in [0.15, 0.2) is 0 Å². The third-order valence-corrected chi connectivity index (χ3v) is 3.08. The SMILES string of the molecule is Clc1ccc(Cl)c(-c2cccc(I)n2)c1. The van der Waals surface area contributed by atoms with Crippen molar-refractivity contribution >= 4 is 45.8 Å². The maximum atomic E-state index is 6.08. The van der Waals surface area contributed by atoms with Crippen LogP contribution >= 0.6 is 45.8 Å². The van der Waals surface area contributed by atoms with Crippen molar-refractivity contribution in [2.75, 3.05) is 0 Å². The zero-order valence-electron chi connectivity index (χ0n) is 7.55. The zero-order chi connectivity index (χ0) is 10.8. The Kier molecular flexibility index (Phi) is 3.49. The van der Waals surface area contributed by atoms with Crippen molar-refractivity contribution in [2.45, 2.75) is 0 Å². The lowest BCUT2D eigenvalue weighted by Crippen LogP contribution is -1.86. The molecule has 0 aliphatic heterocycles. The predicted molar refractivity (Wildman–Crippen MR) is 72.4 cm³/mol. The standard InChI is InChI=1S/C11H6Cl2IN/c12-7-4-5-9(13)8(6-7)10-2-1-3-11(14)15-10/h1-6H. The summed E-state index contributed by atoms with van der Waals surface area (Å²) in [6.45, 7) is 0. The van der Waals surface area contributed by atoms with Gasteiger partial charge in [0.1, 0.15) is 3.70 Å². The summed E-state index contributed by atoms with van der Waals surface area (Å²) >= 11 is 14.2. The van der Waals surface area contributed by atoms with Crippen LogP contribution in [0.1, 0.15) is 0 Å². The molecule has 0 aliphatic carbocycles. The van der Waals surface area contributed by atoms with Crippen LogP contribution in [-0.2, 0) is 0 Å². The summed E-state index contributed by atoms with van der Waals surface area (Å²) < 4.78 is 0.932. The Labute approximate surface area is 112 Å². The molecule has 1 heterocycles. The molecule has 0 saturated heterocycles. The Morgan fingerprint density at radius 1 is 1.07 bits per heavy atom. The van der Waals surface area contributed by atoms with Crippen molar-refractivity contribution in [1.82, 2.24) is 4.98 Å². The molecule has 0 N–H and O–H groups in total. The van der Waals surface area contributed by atoms with E-state index in [9.17, 15) is 0 Å². The highest BCUT2D eigenvalue weighted by molar-refractivity contribution is 14.1. The van der Waals surface area contributed by atoms with Crippen LogP contribution in [0.2, 0.25) is 10.0 Å². The van der Waals surface area contributed by atoms with Crippen LogP contribution in [0.4, 0.5) is 0 Å². The van der Waals surface area contributed by atoms with Crippen molar-refractivity contribution in [1.29, 1.82) is 0 Å². The maximum Gasteiger partial charge on any atom is 0.102 e. The average molecular weight is 350 g/mol. The van der Waals surface area contributed by atoms with Gasteiger partial charge in [0.2, 0.25) is 0 Å². The molecule has 0 bridgehead atoms. The molecular weight excluding hydrogens is 344 g/mol. The van der Waals surface area contributed by atoms with E-state index in [1.807, 2.05) is 24.3 Å². The molecule has 0 radical (unpaired) electrons. The van der Waals surface area contributed by atoms with Gasteiger partial charge in [-0.05, 0) is 52.9 Å². The minimum absolute atomic E-state index is 0.661. The van der Waals surface area contributed by atoms with Crippen molar-refractivity contribution in [3.63, 3.8) is 0 Å². The third kappa shape index (κ3) is 2.62. The van der Waals surface area contributed by atoms with E-state index in [1.165, 1.54) is 0 Å². The smallest absolute Gasteiger partial charge is 0.102 e. The molecular formula is C11H6Cl2IN. The first-order valence-electron chi connectivity index (χ1n) is 4.25. The number of benzene rings is 1. The number of hydrogen-bond donors (Lipinski definition) is 0. The molecule has 0 unspecified atom stereocenters. The summed E-state index contributed by atoms with van der Waals surface area (Å²) in [5, 5.41) is 1.32. The number of rotatable bonds is 1. The zero-order valence-corrected chi connectivity index (χ0v) is 11.2. The van der Waals surface area contributed by atoms with Crippen molar-refractivity contribution in [3.8, 4) is 11.3 Å². The largest absolute Gasteiger partial charge is 0.242 e. The number of pyridine rings is 1. The van der Waals surface area contributed by atoms with Crippen LogP contribution in [0.25, 0.3) is 11.3 Å². The molecule has 0 aliphatic rings. The van der Waals surface area contributed by atoms with Gasteiger partial charge in [0.25, 0.3) is 0 Å². The third-order valence-electron chi connectivity index (χ3n) is 1.92. The topological polar surface area (TPSA) is 12.9 Å². The minimum atomic E-state index is 0.661. The van der Waals surface area contributed by atoms with Crippen molar-refractivity contribution in [3.05, 3.63) is 50.1 Å². The fraction of sp³-hybridized carbons (Fsp3) is 0. The lowest BCUT2D eigenvalue weighted by molar-refractivity contribution is 1.27. The molecule has 0 fully saturated rings. The van der Waals surface area contributed by atoms with Gasteiger partial charge in [-0.3, -0.25) is 0 Å². The van der Waals surface area contributed by atoms with Crippen LogP contribution in [0.15, 0.2) is 36.4 Å². The summed E-state index contributed by atoms with van der Waals surface area (Å²) in [6, 6.07) is 11.2. The number of nitrogens with zero attached hydrogens (tertiary/aromatic N) is 1. The monoisotopic (exact) mass is 349 g/mol. The highest BCUT2D eigenvalue weighted by atomic mass is 127. The molecule has 1 nitrogen and oxygen atoms in total. The minimum Gasteiger partial charge on any atom is -0.242 e. The van der Waals surface area contributed by atoms with Gasteiger partial charge in [-0.15, -0.1) is 0 Å². The van der Waals surface area contributed by atoms with Crippen molar-refractivity contribution < 1.29 is 0 Å². The molecule has 76 valence electrons. The molecule has 0 amide bonds. The first kappa shape index (κ1) is 11.2. The summed E-state index contributed by atoms with van der Waals surface area (Å²) in [6.07, 6.45) is 0. The molecule has 2 rings (SSSR count). The van der Waals surface area contributed by atoms with Gasteiger partial charge in [0.05, 0.1) is 10.7 Å². The first-order valence-corrected chi connectivity index (χ1v) is 6.08. The Hall–Kier alpha value is -0.320. The fourth-order valence-electron chi connectivity index (χ4n) is 1.25. The molecule has 4 heteroatoms. The van der Waals surface area contributed by atoms with Crippen LogP contribution in [-0.4, -0.2) is 4.98 Å². The molecule has 2 aromatic rings. The van der Waals surface area contributed by atoms with Crippen LogP contribution in [0.5, 0.6) is 0 Å². The Morgan fingerprint density at radius 3 is 2.60 bits per heavy atom. The van der Waals surface area contributed by atoms with Gasteiger partial charge >= 0.3 is 0 Å². The van der Waals surface area contributed by atoms with Gasteiger partial charge in [-0.1, -0.05) is 29.3 Å². The highest BCUT2D eigenvalue weighted by Crippen LogP contribution is 2.29. The number of halogens is 3. The van der Waals surface area contributed by atoms with E-state index in [0.717, 1.165) is 15.0 Å². The summed E-state index contributed by atoms with van der Waals surface area (Å²) in [4.78, 5) is 4.39. The van der Waals surface area contributed by atoms with E-state index in [0.29, 0.717) is 10.0 Å². The van der Waals surface area contributed by atoms with Gasteiger partial charge in [-0.25, -0.2) is 4.98 Å². The Balaban J connectivity index is 2.58. The second kappa shape index (κ2) is 4.68. The van der Waals surface area contributed by atoms with Crippen LogP contribution in [0.3, 0.4) is 0 Å². The summed E-state index contributed by atoms with van der Waals surface area (Å²) in [5.74, 6) is 0. The van der Waals surface area contributed by atoms with Crippen LogP contribution < -0.4 is 0 Å². The van der Waals surface area contributed by atoms with E-state index in [2.05, 4.69) is 27.6 Å². The van der Waals surface area contributed by atoms with E-state index in [-0.39, 0.29) is 0 Å². The van der Waals surface area contributed by atoms with E-state index < -0.39 is 0 Å². The fourth-order valence-corrected chi connectivity index (χ4v) is 2.11. The van der Waals surface area contributed by atoms with E-state index in [4.69, 9.17) is 23.2 Å². The predicted octanol–water partition coefficient (Wildman–Crippen LogP) is 4.66. The molecule has 15 heavy (non-hydrogen) atoms. The average Bonchev–Trinajstić information content (AvgIpc) is 2.22. The van der Waals surface area contributed by atoms with Gasteiger partial charge in [0, 0.05) is 10.6 Å². The number of hydrogen-bond acceptors (Lipinski definition) is 1. The van der Waals surface area contributed by atoms with E-state index >= 15 is 0 Å². The normalized spacial score (nSPS) is 10.3. The quantitative estimate of drug-likeness (QED) is 0.539. The van der Waals surface area contributed by atoms with E-state index in [1.54, 1.807) is 12.1 Å². The van der Waals surface area contributed by atoms with Gasteiger partial charge in [-0.2, -0.15) is 0 Å². The van der Waals surface area contributed by atoms with Crippen molar-refractivity contribution in [2.24, 2.45) is 0 Å². The second-order valence-corrected chi connectivity index (χ2v) is 4.92. The maximum absolute atomic E-state index is 6.08. The lowest BCUT2D eigenvalue weighted by Gasteiger charge is -2.04. The molecule has 1 aromatic heterocycles. The molecule has 0 atom stereocenters. The molecule has 0 spiro atoms. The summed E-state index contributed by atoms with van der Waals surface area (Å²) in [7, 11) is 0. The van der Waals surface area contributed by atoms with Crippen LogP contribution in [0, 0.1) is 3.70 Å². The highest BCUT2D eigenvalue weighted by Gasteiger charge is 2.05. The lowest BCUT2D eigenvalue weighted by atomic mass is 10.1. The Bertz CT molecular complexity index is 500. The number of aromatic nitrogens is 1. The molecule has 1 aromatic carbocycles. The Morgan fingerprint density at radius 2 is 1.87 bits per heavy atom. The summed E-state index contributed by atoms with van der Waals surface area (Å²) in [5.41, 5.74) is 1.71. The molecule has 0 saturated carbocycles. The van der Waals surface area contributed by atoms with Gasteiger partial charge < -0.3 is 0 Å². The first-order chi connectivity index (χ1) is 7.16. The second-order valence-electron chi connectivity index (χ2n) is 2.97.